The van der Waals surface area contributed by atoms with Gasteiger partial charge in [0, 0.05) is 19.2 Å². The fourth-order valence-electron chi connectivity index (χ4n) is 0.826. The van der Waals surface area contributed by atoms with Crippen LogP contribution in [0, 0.1) is 11.3 Å². The van der Waals surface area contributed by atoms with E-state index in [0.29, 0.717) is 17.4 Å². The Morgan fingerprint density at radius 2 is 1.75 bits per heavy atom. The highest BCUT2D eigenvalue weighted by atomic mass is 16.3. The molecule has 0 aliphatic heterocycles. The SMILES string of the molecule is CC(CO)C(C)NCC(C)(C)C. The molecule has 0 heterocycles. The lowest BCUT2D eigenvalue weighted by atomic mass is 9.95. The number of hydrogen-bond donors (Lipinski definition) is 2. The molecule has 12 heavy (non-hydrogen) atoms. The molecule has 0 fully saturated rings. The molecule has 0 aromatic carbocycles. The highest BCUT2D eigenvalue weighted by Crippen LogP contribution is 2.12. The summed E-state index contributed by atoms with van der Waals surface area (Å²) in [6.45, 7) is 12.0. The Bertz CT molecular complexity index is 117. The van der Waals surface area contributed by atoms with Crippen LogP contribution in [0.15, 0.2) is 0 Å². The zero-order valence-corrected chi connectivity index (χ0v) is 9.02. The van der Waals surface area contributed by atoms with Gasteiger partial charge >= 0.3 is 0 Å². The van der Waals surface area contributed by atoms with Crippen LogP contribution in [0.4, 0.5) is 0 Å². The maximum Gasteiger partial charge on any atom is 0.0471 e. The van der Waals surface area contributed by atoms with E-state index in [0.717, 1.165) is 6.54 Å². The van der Waals surface area contributed by atoms with Crippen LogP contribution in [-0.2, 0) is 0 Å². The highest BCUT2D eigenvalue weighted by molar-refractivity contribution is 4.72. The molecule has 2 unspecified atom stereocenters. The Balaban J connectivity index is 3.64. The van der Waals surface area contributed by atoms with E-state index in [9.17, 15) is 0 Å². The first-order chi connectivity index (χ1) is 5.37. The molecule has 0 aliphatic rings. The number of nitrogens with one attached hydrogen (secondary N) is 1. The lowest BCUT2D eigenvalue weighted by molar-refractivity contribution is 0.199. The van der Waals surface area contributed by atoms with Gasteiger partial charge in [0.05, 0.1) is 0 Å². The molecule has 0 bridgehead atoms. The van der Waals surface area contributed by atoms with Crippen molar-refractivity contribution in [1.29, 1.82) is 0 Å². The highest BCUT2D eigenvalue weighted by Gasteiger charge is 2.14. The molecule has 2 heteroatoms. The predicted molar refractivity (Wildman–Crippen MR) is 53.2 cm³/mol. The molecule has 0 saturated carbocycles. The van der Waals surface area contributed by atoms with Crippen molar-refractivity contribution in [2.75, 3.05) is 13.2 Å². The average molecular weight is 173 g/mol. The summed E-state index contributed by atoms with van der Waals surface area (Å²) in [5.74, 6) is 0.340. The van der Waals surface area contributed by atoms with Crippen molar-refractivity contribution < 1.29 is 5.11 Å². The quantitative estimate of drug-likeness (QED) is 0.677. The average Bonchev–Trinajstić information content (AvgIpc) is 1.97. The van der Waals surface area contributed by atoms with Crippen LogP contribution >= 0.6 is 0 Å². The zero-order valence-electron chi connectivity index (χ0n) is 9.02. The normalized spacial score (nSPS) is 17.5. The monoisotopic (exact) mass is 173 g/mol. The van der Waals surface area contributed by atoms with Gasteiger partial charge in [0.25, 0.3) is 0 Å². The van der Waals surface area contributed by atoms with Crippen LogP contribution in [0.3, 0.4) is 0 Å². The second kappa shape index (κ2) is 4.83. The Labute approximate surface area is 76.4 Å². The number of hydrogen-bond acceptors (Lipinski definition) is 2. The van der Waals surface area contributed by atoms with Gasteiger partial charge in [0.1, 0.15) is 0 Å². The topological polar surface area (TPSA) is 32.3 Å². The van der Waals surface area contributed by atoms with Crippen LogP contribution in [0.25, 0.3) is 0 Å². The van der Waals surface area contributed by atoms with Gasteiger partial charge < -0.3 is 10.4 Å². The van der Waals surface area contributed by atoms with E-state index in [1.807, 2.05) is 0 Å². The summed E-state index contributed by atoms with van der Waals surface area (Å²) >= 11 is 0. The van der Waals surface area contributed by atoms with Crippen LogP contribution in [0.5, 0.6) is 0 Å². The van der Waals surface area contributed by atoms with Crippen molar-refractivity contribution in [2.24, 2.45) is 11.3 Å². The molecular weight excluding hydrogens is 150 g/mol. The minimum absolute atomic E-state index is 0.262. The van der Waals surface area contributed by atoms with Crippen molar-refractivity contribution in [3.8, 4) is 0 Å². The molecule has 0 aromatic heterocycles. The molecule has 0 amide bonds. The van der Waals surface area contributed by atoms with Gasteiger partial charge in [-0.15, -0.1) is 0 Å². The van der Waals surface area contributed by atoms with Crippen molar-refractivity contribution in [2.45, 2.75) is 40.7 Å². The van der Waals surface area contributed by atoms with Crippen LogP contribution in [-0.4, -0.2) is 24.3 Å². The third-order valence-electron chi connectivity index (χ3n) is 2.10. The number of aliphatic hydroxyl groups excluding tert-OH is 1. The summed E-state index contributed by atoms with van der Waals surface area (Å²) in [5, 5.41) is 12.3. The van der Waals surface area contributed by atoms with E-state index in [-0.39, 0.29) is 6.61 Å². The molecule has 2 atom stereocenters. The van der Waals surface area contributed by atoms with Gasteiger partial charge in [-0.1, -0.05) is 27.7 Å². The first-order valence-electron chi connectivity index (χ1n) is 4.71. The summed E-state index contributed by atoms with van der Waals surface area (Å²) in [6, 6.07) is 0.397. The maximum absolute atomic E-state index is 8.89. The molecule has 0 spiro atoms. The third-order valence-corrected chi connectivity index (χ3v) is 2.10. The summed E-state index contributed by atoms with van der Waals surface area (Å²) < 4.78 is 0. The van der Waals surface area contributed by atoms with E-state index in [2.05, 4.69) is 39.9 Å². The van der Waals surface area contributed by atoms with Gasteiger partial charge in [0.2, 0.25) is 0 Å². The molecule has 0 rings (SSSR count). The summed E-state index contributed by atoms with van der Waals surface area (Å²) in [7, 11) is 0. The minimum Gasteiger partial charge on any atom is -0.396 e. The fraction of sp³-hybridized carbons (Fsp3) is 1.00. The van der Waals surface area contributed by atoms with Gasteiger partial charge in [-0.25, -0.2) is 0 Å². The largest absolute Gasteiger partial charge is 0.396 e. The number of aliphatic hydroxyl groups is 1. The smallest absolute Gasteiger partial charge is 0.0471 e. The fourth-order valence-corrected chi connectivity index (χ4v) is 0.826. The summed E-state index contributed by atoms with van der Waals surface area (Å²) in [5.41, 5.74) is 0.323. The van der Waals surface area contributed by atoms with E-state index in [1.54, 1.807) is 0 Å². The van der Waals surface area contributed by atoms with Gasteiger partial charge in [-0.2, -0.15) is 0 Å². The van der Waals surface area contributed by atoms with Gasteiger partial charge in [-0.05, 0) is 18.3 Å². The standard InChI is InChI=1S/C10H23NO/c1-8(6-12)9(2)11-7-10(3,4)5/h8-9,11-12H,6-7H2,1-5H3. The maximum atomic E-state index is 8.89. The van der Waals surface area contributed by atoms with Crippen molar-refractivity contribution >= 4 is 0 Å². The molecule has 0 radical (unpaired) electrons. The van der Waals surface area contributed by atoms with Crippen molar-refractivity contribution in [3.63, 3.8) is 0 Å². The summed E-state index contributed by atoms with van der Waals surface area (Å²) in [4.78, 5) is 0. The molecular formula is C10H23NO. The second-order valence-electron chi connectivity index (χ2n) is 4.89. The summed E-state index contributed by atoms with van der Waals surface area (Å²) in [6.07, 6.45) is 0. The molecule has 0 saturated heterocycles. The number of rotatable bonds is 4. The Morgan fingerprint density at radius 3 is 2.08 bits per heavy atom. The van der Waals surface area contributed by atoms with Crippen LogP contribution < -0.4 is 5.32 Å². The Hall–Kier alpha value is -0.0800. The van der Waals surface area contributed by atoms with Gasteiger partial charge in [-0.3, -0.25) is 0 Å². The lowest BCUT2D eigenvalue weighted by Gasteiger charge is -2.25. The van der Waals surface area contributed by atoms with E-state index >= 15 is 0 Å². The third kappa shape index (κ3) is 5.56. The van der Waals surface area contributed by atoms with Crippen LogP contribution in [0.2, 0.25) is 0 Å². The molecule has 74 valence electrons. The van der Waals surface area contributed by atoms with Crippen LogP contribution in [0.1, 0.15) is 34.6 Å². The first-order valence-corrected chi connectivity index (χ1v) is 4.71. The lowest BCUT2D eigenvalue weighted by Crippen LogP contribution is -2.38. The van der Waals surface area contributed by atoms with E-state index < -0.39 is 0 Å². The van der Waals surface area contributed by atoms with E-state index in [1.165, 1.54) is 0 Å². The Morgan fingerprint density at radius 1 is 1.25 bits per heavy atom. The molecule has 0 aliphatic carbocycles. The molecule has 2 N–H and O–H groups in total. The predicted octanol–water partition coefficient (Wildman–Crippen LogP) is 1.64. The Kier molecular flexibility index (Phi) is 4.80. The van der Waals surface area contributed by atoms with Crippen molar-refractivity contribution in [3.05, 3.63) is 0 Å². The van der Waals surface area contributed by atoms with E-state index in [4.69, 9.17) is 5.11 Å². The first kappa shape index (κ1) is 11.9. The zero-order chi connectivity index (χ0) is 9.78. The van der Waals surface area contributed by atoms with Gasteiger partial charge in [0.15, 0.2) is 0 Å². The molecule has 0 aromatic rings. The molecule has 2 nitrogen and oxygen atoms in total. The minimum atomic E-state index is 0.262. The second-order valence-corrected chi connectivity index (χ2v) is 4.89. The van der Waals surface area contributed by atoms with Crippen molar-refractivity contribution in [1.82, 2.24) is 5.32 Å².